The van der Waals surface area contributed by atoms with Crippen molar-refractivity contribution in [1.29, 1.82) is 5.26 Å². The molecule has 0 fully saturated rings. The Morgan fingerprint density at radius 3 is 2.82 bits per heavy atom. The van der Waals surface area contributed by atoms with Crippen molar-refractivity contribution in [3.05, 3.63) is 68.3 Å². The van der Waals surface area contributed by atoms with Gasteiger partial charge in [0.2, 0.25) is 0 Å². The lowest BCUT2D eigenvalue weighted by Gasteiger charge is -2.13. The molecule has 0 aliphatic carbocycles. The van der Waals surface area contributed by atoms with Crippen LogP contribution in [0.4, 0.5) is 5.69 Å². The summed E-state index contributed by atoms with van der Waals surface area (Å²) in [5.41, 5.74) is 1.88. The third kappa shape index (κ3) is 5.27. The number of carbonyl (C=O) groups is 1. The van der Waals surface area contributed by atoms with E-state index in [-0.39, 0.29) is 5.57 Å². The summed E-state index contributed by atoms with van der Waals surface area (Å²) in [5, 5.41) is 12.7. The summed E-state index contributed by atoms with van der Waals surface area (Å²) in [5.74, 6) is 0.565. The van der Waals surface area contributed by atoms with Gasteiger partial charge in [-0.05, 0) is 71.0 Å². The maximum Gasteiger partial charge on any atom is 0.266 e. The standard InChI is InChI=1S/C21H18ClIN2O3/c1-4-8-28-20-17(23)10-14(11-19(20)27-3)9-15(12-24)21(26)25-18-7-5-6-16(22)13(18)2/h4-7,9-11H,1,8H2,2-3H3,(H,25,26)/b15-9+. The summed E-state index contributed by atoms with van der Waals surface area (Å²) in [7, 11) is 1.53. The summed E-state index contributed by atoms with van der Waals surface area (Å²) in [6, 6.07) is 10.6. The van der Waals surface area contributed by atoms with Crippen LogP contribution in [0.1, 0.15) is 11.1 Å². The zero-order chi connectivity index (χ0) is 20.7. The van der Waals surface area contributed by atoms with E-state index in [1.165, 1.54) is 13.2 Å². The van der Waals surface area contributed by atoms with Crippen LogP contribution in [0.2, 0.25) is 5.02 Å². The SMILES string of the molecule is C=CCOc1c(I)cc(/C=C(\C#N)C(=O)Nc2cccc(Cl)c2C)cc1OC. The van der Waals surface area contributed by atoms with E-state index in [0.29, 0.717) is 34.4 Å². The minimum absolute atomic E-state index is 0.0445. The molecule has 0 aliphatic heterocycles. The molecule has 0 atom stereocenters. The second-order valence-corrected chi connectivity index (χ2v) is 7.24. The van der Waals surface area contributed by atoms with E-state index < -0.39 is 5.91 Å². The number of halogens is 2. The molecule has 28 heavy (non-hydrogen) atoms. The largest absolute Gasteiger partial charge is 0.493 e. The smallest absolute Gasteiger partial charge is 0.266 e. The van der Waals surface area contributed by atoms with Gasteiger partial charge in [-0.15, -0.1) is 0 Å². The van der Waals surface area contributed by atoms with Crippen molar-refractivity contribution in [2.45, 2.75) is 6.92 Å². The van der Waals surface area contributed by atoms with Crippen molar-refractivity contribution in [3.63, 3.8) is 0 Å². The average molecular weight is 509 g/mol. The van der Waals surface area contributed by atoms with Crippen molar-refractivity contribution >= 4 is 51.9 Å². The van der Waals surface area contributed by atoms with Gasteiger partial charge in [-0.25, -0.2) is 0 Å². The summed E-state index contributed by atoms with van der Waals surface area (Å²) in [6.45, 7) is 5.76. The molecule has 0 unspecified atom stereocenters. The normalized spacial score (nSPS) is 10.8. The van der Waals surface area contributed by atoms with E-state index in [1.54, 1.807) is 43.3 Å². The van der Waals surface area contributed by atoms with E-state index in [0.717, 1.165) is 9.13 Å². The number of rotatable bonds is 7. The van der Waals surface area contributed by atoms with Gasteiger partial charge in [0.1, 0.15) is 18.2 Å². The molecule has 0 saturated heterocycles. The summed E-state index contributed by atoms with van der Waals surface area (Å²) < 4.78 is 11.8. The predicted molar refractivity (Wildman–Crippen MR) is 120 cm³/mol. The molecule has 0 radical (unpaired) electrons. The first-order valence-electron chi connectivity index (χ1n) is 8.20. The van der Waals surface area contributed by atoms with E-state index in [2.05, 4.69) is 34.5 Å². The number of nitriles is 1. The van der Waals surface area contributed by atoms with Gasteiger partial charge >= 0.3 is 0 Å². The molecule has 0 spiro atoms. The molecule has 1 amide bonds. The van der Waals surface area contributed by atoms with Crippen LogP contribution in [-0.2, 0) is 4.79 Å². The highest BCUT2D eigenvalue weighted by atomic mass is 127. The number of amides is 1. The first-order chi connectivity index (χ1) is 13.4. The van der Waals surface area contributed by atoms with Crippen molar-refractivity contribution in [3.8, 4) is 17.6 Å². The fourth-order valence-electron chi connectivity index (χ4n) is 2.35. The van der Waals surface area contributed by atoms with E-state index in [4.69, 9.17) is 21.1 Å². The van der Waals surface area contributed by atoms with Crippen molar-refractivity contribution in [1.82, 2.24) is 0 Å². The van der Waals surface area contributed by atoms with Crippen LogP contribution in [0.25, 0.3) is 6.08 Å². The quantitative estimate of drug-likeness (QED) is 0.236. The highest BCUT2D eigenvalue weighted by molar-refractivity contribution is 14.1. The fourth-order valence-corrected chi connectivity index (χ4v) is 3.31. The first-order valence-corrected chi connectivity index (χ1v) is 9.66. The van der Waals surface area contributed by atoms with Crippen LogP contribution >= 0.6 is 34.2 Å². The molecule has 0 heterocycles. The molecule has 5 nitrogen and oxygen atoms in total. The van der Waals surface area contributed by atoms with Crippen LogP contribution in [0.15, 0.2) is 48.6 Å². The summed E-state index contributed by atoms with van der Waals surface area (Å²) >= 11 is 8.19. The Balaban J connectivity index is 2.34. The van der Waals surface area contributed by atoms with Gasteiger partial charge in [0.15, 0.2) is 11.5 Å². The lowest BCUT2D eigenvalue weighted by Crippen LogP contribution is -2.14. The van der Waals surface area contributed by atoms with Crippen LogP contribution in [0.3, 0.4) is 0 Å². The molecule has 0 aromatic heterocycles. The Hall–Kier alpha value is -2.50. The number of hydrogen-bond donors (Lipinski definition) is 1. The average Bonchev–Trinajstić information content (AvgIpc) is 2.68. The lowest BCUT2D eigenvalue weighted by molar-refractivity contribution is -0.112. The first kappa shape index (κ1) is 21.8. The number of ether oxygens (including phenoxy) is 2. The van der Waals surface area contributed by atoms with E-state index >= 15 is 0 Å². The predicted octanol–water partition coefficient (Wildman–Crippen LogP) is 5.37. The van der Waals surface area contributed by atoms with Crippen molar-refractivity contribution < 1.29 is 14.3 Å². The lowest BCUT2D eigenvalue weighted by atomic mass is 10.1. The van der Waals surface area contributed by atoms with Crippen LogP contribution < -0.4 is 14.8 Å². The highest BCUT2D eigenvalue weighted by Gasteiger charge is 2.15. The van der Waals surface area contributed by atoms with Crippen LogP contribution in [0, 0.1) is 21.8 Å². The monoisotopic (exact) mass is 508 g/mol. The molecular weight excluding hydrogens is 491 g/mol. The number of benzene rings is 2. The van der Waals surface area contributed by atoms with Crippen LogP contribution in [0.5, 0.6) is 11.5 Å². The molecule has 1 N–H and O–H groups in total. The van der Waals surface area contributed by atoms with Gasteiger partial charge in [-0.2, -0.15) is 5.26 Å². The maximum absolute atomic E-state index is 12.5. The Kier molecular flexibility index (Phi) is 7.91. The summed E-state index contributed by atoms with van der Waals surface area (Å²) in [4.78, 5) is 12.5. The van der Waals surface area contributed by atoms with Gasteiger partial charge in [0, 0.05) is 10.7 Å². The number of anilines is 1. The number of methoxy groups -OCH3 is 1. The maximum atomic E-state index is 12.5. The molecule has 2 aromatic rings. The second-order valence-electron chi connectivity index (χ2n) is 5.67. The number of hydrogen-bond acceptors (Lipinski definition) is 4. The van der Waals surface area contributed by atoms with E-state index in [9.17, 15) is 10.1 Å². The number of nitrogens with zero attached hydrogens (tertiary/aromatic N) is 1. The third-order valence-corrected chi connectivity index (χ3v) is 5.00. The molecule has 2 rings (SSSR count). The fraction of sp³-hybridized carbons (Fsp3) is 0.143. The number of nitrogens with one attached hydrogen (secondary N) is 1. The number of carbonyl (C=O) groups excluding carboxylic acids is 1. The molecule has 0 bridgehead atoms. The molecule has 7 heteroatoms. The Labute approximate surface area is 182 Å². The Bertz CT molecular complexity index is 980. The van der Waals surface area contributed by atoms with Crippen LogP contribution in [-0.4, -0.2) is 19.6 Å². The molecule has 0 saturated carbocycles. The Morgan fingerprint density at radius 1 is 1.43 bits per heavy atom. The molecule has 0 aliphatic rings. The Morgan fingerprint density at radius 2 is 2.18 bits per heavy atom. The highest BCUT2D eigenvalue weighted by Crippen LogP contribution is 2.34. The molecule has 144 valence electrons. The topological polar surface area (TPSA) is 71.3 Å². The van der Waals surface area contributed by atoms with Gasteiger partial charge in [-0.1, -0.05) is 30.3 Å². The zero-order valence-corrected chi connectivity index (χ0v) is 18.3. The minimum atomic E-state index is -0.520. The molecular formula is C21H18ClIN2O3. The van der Waals surface area contributed by atoms with Gasteiger partial charge < -0.3 is 14.8 Å². The van der Waals surface area contributed by atoms with Gasteiger partial charge in [-0.3, -0.25) is 4.79 Å². The summed E-state index contributed by atoms with van der Waals surface area (Å²) in [6.07, 6.45) is 3.14. The van der Waals surface area contributed by atoms with E-state index in [1.807, 2.05) is 6.07 Å². The van der Waals surface area contributed by atoms with Gasteiger partial charge in [0.25, 0.3) is 5.91 Å². The third-order valence-electron chi connectivity index (χ3n) is 3.79. The second kappa shape index (κ2) is 10.2. The minimum Gasteiger partial charge on any atom is -0.493 e. The zero-order valence-electron chi connectivity index (χ0n) is 15.4. The van der Waals surface area contributed by atoms with Gasteiger partial charge in [0.05, 0.1) is 10.7 Å². The van der Waals surface area contributed by atoms with Crippen molar-refractivity contribution in [2.24, 2.45) is 0 Å². The molecule has 2 aromatic carbocycles. The van der Waals surface area contributed by atoms with Crippen molar-refractivity contribution in [2.75, 3.05) is 19.0 Å².